The van der Waals surface area contributed by atoms with Crippen LogP contribution in [-0.2, 0) is 16.1 Å². The highest BCUT2D eigenvalue weighted by molar-refractivity contribution is 5.77. The minimum absolute atomic E-state index is 0.0331. The summed E-state index contributed by atoms with van der Waals surface area (Å²) in [7, 11) is 0. The van der Waals surface area contributed by atoms with Gasteiger partial charge in [0.2, 0.25) is 5.91 Å². The number of aryl methyl sites for hydroxylation is 1. The average molecular weight is 279 g/mol. The molecule has 19 heavy (non-hydrogen) atoms. The van der Waals surface area contributed by atoms with Crippen molar-refractivity contribution in [3.8, 4) is 0 Å². The number of rotatable bonds is 5. The summed E-state index contributed by atoms with van der Waals surface area (Å²) in [6.07, 6.45) is -4.46. The van der Waals surface area contributed by atoms with E-state index in [2.05, 4.69) is 10.1 Å². The van der Waals surface area contributed by atoms with Gasteiger partial charge in [0.25, 0.3) is 0 Å². The molecular formula is C12H13F4NO2. The molecule has 3 nitrogen and oxygen atoms in total. The van der Waals surface area contributed by atoms with E-state index in [1.54, 1.807) is 19.1 Å². The van der Waals surface area contributed by atoms with Gasteiger partial charge in [-0.25, -0.2) is 4.39 Å². The smallest absolute Gasteiger partial charge is 0.362 e. The third-order valence-electron chi connectivity index (χ3n) is 2.22. The summed E-state index contributed by atoms with van der Waals surface area (Å²) < 4.78 is 52.6. The molecule has 0 heterocycles. The molecule has 0 saturated carbocycles. The average Bonchev–Trinajstić information content (AvgIpc) is 2.29. The molecule has 0 spiro atoms. The van der Waals surface area contributed by atoms with Crippen LogP contribution >= 0.6 is 0 Å². The van der Waals surface area contributed by atoms with Crippen LogP contribution in [0.3, 0.4) is 0 Å². The van der Waals surface area contributed by atoms with Crippen LogP contribution in [0.2, 0.25) is 0 Å². The first-order valence-corrected chi connectivity index (χ1v) is 5.44. The second-order valence-corrected chi connectivity index (χ2v) is 3.97. The van der Waals surface area contributed by atoms with E-state index < -0.39 is 31.1 Å². The highest BCUT2D eigenvalue weighted by Gasteiger charge is 2.27. The van der Waals surface area contributed by atoms with Crippen LogP contribution in [0.1, 0.15) is 11.1 Å². The van der Waals surface area contributed by atoms with Gasteiger partial charge in [-0.05, 0) is 24.1 Å². The first-order chi connectivity index (χ1) is 8.78. The summed E-state index contributed by atoms with van der Waals surface area (Å²) in [4.78, 5) is 11.2. The first kappa shape index (κ1) is 15.4. The molecule has 0 bridgehead atoms. The number of hydrogen-bond acceptors (Lipinski definition) is 2. The number of carbonyl (C=O) groups is 1. The van der Waals surface area contributed by atoms with Crippen LogP contribution in [0.5, 0.6) is 0 Å². The van der Waals surface area contributed by atoms with Gasteiger partial charge in [0.05, 0.1) is 0 Å². The summed E-state index contributed by atoms with van der Waals surface area (Å²) >= 11 is 0. The fraction of sp³-hybridized carbons (Fsp3) is 0.417. The zero-order valence-corrected chi connectivity index (χ0v) is 10.2. The van der Waals surface area contributed by atoms with Gasteiger partial charge in [0.15, 0.2) is 0 Å². The van der Waals surface area contributed by atoms with Crippen LogP contribution in [0.15, 0.2) is 18.2 Å². The molecule has 0 fully saturated rings. The quantitative estimate of drug-likeness (QED) is 0.840. The van der Waals surface area contributed by atoms with E-state index in [0.717, 1.165) is 0 Å². The van der Waals surface area contributed by atoms with Crippen molar-refractivity contribution in [3.63, 3.8) is 0 Å². The Hall–Kier alpha value is -1.63. The molecule has 1 aromatic rings. The van der Waals surface area contributed by atoms with Gasteiger partial charge in [-0.3, -0.25) is 4.79 Å². The first-order valence-electron chi connectivity index (χ1n) is 5.44. The van der Waals surface area contributed by atoms with Crippen LogP contribution in [-0.4, -0.2) is 25.3 Å². The molecule has 1 rings (SSSR count). The summed E-state index contributed by atoms with van der Waals surface area (Å²) in [5, 5.41) is 2.33. The Kier molecular flexibility index (Phi) is 5.29. The van der Waals surface area contributed by atoms with Crippen molar-refractivity contribution in [2.45, 2.75) is 19.6 Å². The summed E-state index contributed by atoms with van der Waals surface area (Å²) in [6, 6.07) is 4.43. The number of amides is 1. The Morgan fingerprint density at radius 3 is 2.63 bits per heavy atom. The maximum atomic E-state index is 13.2. The SMILES string of the molecule is Cc1ccc(CNC(=O)COCC(F)(F)F)cc1F. The lowest BCUT2D eigenvalue weighted by Gasteiger charge is -2.08. The second kappa shape index (κ2) is 6.51. The third kappa shape index (κ3) is 6.19. The van der Waals surface area contributed by atoms with E-state index in [4.69, 9.17) is 0 Å². The number of alkyl halides is 3. The van der Waals surface area contributed by atoms with Gasteiger partial charge in [0, 0.05) is 6.54 Å². The largest absolute Gasteiger partial charge is 0.411 e. The molecule has 0 aliphatic rings. The molecule has 0 radical (unpaired) electrons. The molecular weight excluding hydrogens is 266 g/mol. The lowest BCUT2D eigenvalue weighted by atomic mass is 10.1. The van der Waals surface area contributed by atoms with Gasteiger partial charge < -0.3 is 10.1 Å². The van der Waals surface area contributed by atoms with Crippen molar-refractivity contribution in [2.75, 3.05) is 13.2 Å². The van der Waals surface area contributed by atoms with Crippen molar-refractivity contribution in [1.29, 1.82) is 0 Å². The van der Waals surface area contributed by atoms with E-state index in [1.807, 2.05) is 0 Å². The molecule has 0 aliphatic heterocycles. The fourth-order valence-corrected chi connectivity index (χ4v) is 1.26. The minimum Gasteiger partial charge on any atom is -0.362 e. The molecule has 0 aromatic heterocycles. The van der Waals surface area contributed by atoms with E-state index in [9.17, 15) is 22.4 Å². The van der Waals surface area contributed by atoms with Gasteiger partial charge >= 0.3 is 6.18 Å². The number of nitrogens with one attached hydrogen (secondary N) is 1. The van der Waals surface area contributed by atoms with Gasteiger partial charge in [-0.15, -0.1) is 0 Å². The molecule has 1 N–H and O–H groups in total. The predicted octanol–water partition coefficient (Wildman–Crippen LogP) is 2.33. The topological polar surface area (TPSA) is 38.3 Å². The number of hydrogen-bond donors (Lipinski definition) is 1. The van der Waals surface area contributed by atoms with Crippen LogP contribution in [0, 0.1) is 12.7 Å². The van der Waals surface area contributed by atoms with Crippen LogP contribution < -0.4 is 5.32 Å². The van der Waals surface area contributed by atoms with Crippen molar-refractivity contribution >= 4 is 5.91 Å². The van der Waals surface area contributed by atoms with Crippen molar-refractivity contribution in [3.05, 3.63) is 35.1 Å². The van der Waals surface area contributed by atoms with Crippen LogP contribution in [0.25, 0.3) is 0 Å². The van der Waals surface area contributed by atoms with E-state index in [0.29, 0.717) is 11.1 Å². The standard InChI is InChI=1S/C12H13F4NO2/c1-8-2-3-9(4-10(8)13)5-17-11(18)6-19-7-12(14,15)16/h2-4H,5-7H2,1H3,(H,17,18). The fourth-order valence-electron chi connectivity index (χ4n) is 1.26. The highest BCUT2D eigenvalue weighted by atomic mass is 19.4. The molecule has 7 heteroatoms. The monoisotopic (exact) mass is 279 g/mol. The maximum Gasteiger partial charge on any atom is 0.411 e. The Labute approximate surface area is 107 Å². The van der Waals surface area contributed by atoms with Gasteiger partial charge in [0.1, 0.15) is 19.0 Å². The number of carbonyl (C=O) groups excluding carboxylic acids is 1. The minimum atomic E-state index is -4.46. The predicted molar refractivity (Wildman–Crippen MR) is 59.9 cm³/mol. The van der Waals surface area contributed by atoms with E-state index in [1.165, 1.54) is 6.07 Å². The Bertz CT molecular complexity index is 446. The molecule has 0 unspecified atom stereocenters. The molecule has 0 aliphatic carbocycles. The summed E-state index contributed by atoms with van der Waals surface area (Å²) in [5.74, 6) is -1.09. The normalized spacial score (nSPS) is 11.4. The highest BCUT2D eigenvalue weighted by Crippen LogP contribution is 2.14. The van der Waals surface area contributed by atoms with Gasteiger partial charge in [-0.1, -0.05) is 12.1 Å². The Morgan fingerprint density at radius 2 is 2.05 bits per heavy atom. The lowest BCUT2D eigenvalue weighted by Crippen LogP contribution is -2.29. The maximum absolute atomic E-state index is 13.2. The van der Waals surface area contributed by atoms with Crippen LogP contribution in [0.4, 0.5) is 17.6 Å². The molecule has 0 atom stereocenters. The molecule has 106 valence electrons. The zero-order chi connectivity index (χ0) is 14.5. The van der Waals surface area contributed by atoms with E-state index in [-0.39, 0.29) is 6.54 Å². The summed E-state index contributed by atoms with van der Waals surface area (Å²) in [6.45, 7) is -0.526. The van der Waals surface area contributed by atoms with Gasteiger partial charge in [-0.2, -0.15) is 13.2 Å². The van der Waals surface area contributed by atoms with Crippen molar-refractivity contribution in [1.82, 2.24) is 5.32 Å². The van der Waals surface area contributed by atoms with Crippen molar-refractivity contribution in [2.24, 2.45) is 0 Å². The second-order valence-electron chi connectivity index (χ2n) is 3.97. The Morgan fingerprint density at radius 1 is 1.37 bits per heavy atom. The summed E-state index contributed by atoms with van der Waals surface area (Å²) in [5.41, 5.74) is 0.996. The molecule has 1 aromatic carbocycles. The number of benzene rings is 1. The third-order valence-corrected chi connectivity index (χ3v) is 2.22. The number of halogens is 4. The van der Waals surface area contributed by atoms with Crippen molar-refractivity contribution < 1.29 is 27.1 Å². The zero-order valence-electron chi connectivity index (χ0n) is 10.2. The Balaban J connectivity index is 2.32. The lowest BCUT2D eigenvalue weighted by molar-refractivity contribution is -0.175. The molecule has 1 amide bonds. The molecule has 0 saturated heterocycles. The van der Waals surface area contributed by atoms with E-state index >= 15 is 0 Å². The number of ether oxygens (including phenoxy) is 1.